The van der Waals surface area contributed by atoms with Crippen LogP contribution in [-0.4, -0.2) is 28.3 Å². The minimum absolute atomic E-state index is 0.0223. The van der Waals surface area contributed by atoms with E-state index in [-0.39, 0.29) is 17.4 Å². The van der Waals surface area contributed by atoms with Gasteiger partial charge in [0, 0.05) is 6.08 Å². The number of phenols is 1. The summed E-state index contributed by atoms with van der Waals surface area (Å²) < 4.78 is 5.41. The minimum Gasteiger partial charge on any atom is -0.507 e. The Kier molecular flexibility index (Phi) is 15.5. The Hall–Kier alpha value is -2.30. The molecule has 0 aliphatic rings. The average Bonchev–Trinajstić information content (AvgIpc) is 2.67. The number of carbonyl (C=O) groups is 2. The van der Waals surface area contributed by atoms with Crippen molar-refractivity contribution in [2.24, 2.45) is 0 Å². The van der Waals surface area contributed by atoms with Crippen molar-refractivity contribution in [3.05, 3.63) is 42.0 Å². The van der Waals surface area contributed by atoms with Crippen molar-refractivity contribution in [3.8, 4) is 5.75 Å². The first-order chi connectivity index (χ1) is 13.5. The average molecular weight is 393 g/mol. The summed E-state index contributed by atoms with van der Waals surface area (Å²) in [6.07, 6.45) is 12.3. The summed E-state index contributed by atoms with van der Waals surface area (Å²) in [6.45, 7) is 6.28. The molecule has 0 saturated heterocycles. The lowest BCUT2D eigenvalue weighted by molar-refractivity contribution is -0.131. The lowest BCUT2D eigenvalue weighted by Gasteiger charge is -2.16. The number of rotatable bonds is 12. The number of hydrogen-bond donors (Lipinski definition) is 2. The van der Waals surface area contributed by atoms with Gasteiger partial charge in [0.05, 0.1) is 0 Å². The topological polar surface area (TPSA) is 83.8 Å². The third-order valence-corrected chi connectivity index (χ3v) is 4.22. The molecular weight excluding hydrogens is 356 g/mol. The maximum absolute atomic E-state index is 11.9. The van der Waals surface area contributed by atoms with Crippen LogP contribution in [0.25, 0.3) is 0 Å². The van der Waals surface area contributed by atoms with Gasteiger partial charge in [0.25, 0.3) is 0 Å². The maximum Gasteiger partial charge on any atom is 0.342 e. The largest absolute Gasteiger partial charge is 0.507 e. The SMILES string of the molecule is CCCCCC(CC)OC(=O)c1ccccc1O.CCCCCC=CC(=O)O. The first kappa shape index (κ1) is 25.7. The van der Waals surface area contributed by atoms with E-state index in [0.29, 0.717) is 0 Å². The second kappa shape index (κ2) is 16.8. The maximum atomic E-state index is 11.9. The molecule has 0 aromatic heterocycles. The first-order valence-corrected chi connectivity index (χ1v) is 10.3. The lowest BCUT2D eigenvalue weighted by atomic mass is 10.1. The number of benzene rings is 1. The number of para-hydroxylation sites is 1. The van der Waals surface area contributed by atoms with Crippen LogP contribution in [0.5, 0.6) is 5.75 Å². The zero-order valence-corrected chi connectivity index (χ0v) is 17.5. The van der Waals surface area contributed by atoms with Crippen LogP contribution in [0, 0.1) is 0 Å². The molecule has 0 saturated carbocycles. The summed E-state index contributed by atoms with van der Waals surface area (Å²) in [6, 6.07) is 6.48. The fourth-order valence-corrected chi connectivity index (χ4v) is 2.53. The van der Waals surface area contributed by atoms with E-state index in [1.165, 1.54) is 25.0 Å². The van der Waals surface area contributed by atoms with Gasteiger partial charge in [-0.05, 0) is 44.2 Å². The Balaban J connectivity index is 0.000000621. The van der Waals surface area contributed by atoms with Crippen LogP contribution in [-0.2, 0) is 9.53 Å². The second-order valence-electron chi connectivity index (χ2n) is 6.68. The van der Waals surface area contributed by atoms with E-state index >= 15 is 0 Å². The summed E-state index contributed by atoms with van der Waals surface area (Å²) in [5.41, 5.74) is 0.242. The smallest absolute Gasteiger partial charge is 0.342 e. The Bertz CT molecular complexity index is 580. The first-order valence-electron chi connectivity index (χ1n) is 10.3. The van der Waals surface area contributed by atoms with Crippen molar-refractivity contribution in [1.29, 1.82) is 0 Å². The lowest BCUT2D eigenvalue weighted by Crippen LogP contribution is -2.17. The van der Waals surface area contributed by atoms with Gasteiger partial charge in [-0.15, -0.1) is 0 Å². The van der Waals surface area contributed by atoms with Gasteiger partial charge in [-0.25, -0.2) is 9.59 Å². The molecular formula is C23H36O5. The standard InChI is InChI=1S/C15H22O3.C8H14O2/c1-3-5-6-9-12(4-2)18-15(17)13-10-7-8-11-14(13)16;1-2-3-4-5-6-7-8(9)10/h7-8,10-12,16H,3-6,9H2,1-2H3;6-7H,2-5H2,1H3,(H,9,10). The summed E-state index contributed by atoms with van der Waals surface area (Å²) >= 11 is 0. The molecule has 0 aliphatic heterocycles. The number of allylic oxidation sites excluding steroid dienone is 1. The molecule has 1 aromatic rings. The number of aromatic hydroxyl groups is 1. The highest BCUT2D eigenvalue weighted by Crippen LogP contribution is 2.19. The Morgan fingerprint density at radius 2 is 1.68 bits per heavy atom. The van der Waals surface area contributed by atoms with Gasteiger partial charge in [-0.2, -0.15) is 0 Å². The quantitative estimate of drug-likeness (QED) is 0.254. The zero-order chi connectivity index (χ0) is 21.2. The van der Waals surface area contributed by atoms with Crippen molar-refractivity contribution in [2.75, 3.05) is 0 Å². The summed E-state index contributed by atoms with van der Waals surface area (Å²) in [5.74, 6) is -1.31. The molecule has 0 bridgehead atoms. The number of ether oxygens (including phenoxy) is 1. The Morgan fingerprint density at radius 3 is 2.25 bits per heavy atom. The predicted octanol–water partition coefficient (Wildman–Crippen LogP) is 6.12. The molecule has 2 N–H and O–H groups in total. The Morgan fingerprint density at radius 1 is 1.04 bits per heavy atom. The van der Waals surface area contributed by atoms with Crippen molar-refractivity contribution in [3.63, 3.8) is 0 Å². The van der Waals surface area contributed by atoms with Gasteiger partial charge < -0.3 is 14.9 Å². The minimum atomic E-state index is -0.850. The van der Waals surface area contributed by atoms with Crippen molar-refractivity contribution in [2.45, 2.75) is 84.7 Å². The van der Waals surface area contributed by atoms with Gasteiger partial charge in [-0.3, -0.25) is 0 Å². The zero-order valence-electron chi connectivity index (χ0n) is 17.5. The van der Waals surface area contributed by atoms with Gasteiger partial charge in [0.2, 0.25) is 0 Å². The van der Waals surface area contributed by atoms with Crippen LogP contribution >= 0.6 is 0 Å². The van der Waals surface area contributed by atoms with E-state index in [1.807, 2.05) is 6.92 Å². The number of carboxylic acids is 1. The van der Waals surface area contributed by atoms with Gasteiger partial charge >= 0.3 is 11.9 Å². The molecule has 1 aromatic carbocycles. The van der Waals surface area contributed by atoms with Gasteiger partial charge in [0.15, 0.2) is 0 Å². The number of unbranched alkanes of at least 4 members (excludes halogenated alkanes) is 5. The van der Waals surface area contributed by atoms with Crippen LogP contribution in [0.15, 0.2) is 36.4 Å². The van der Waals surface area contributed by atoms with Gasteiger partial charge in [0.1, 0.15) is 17.4 Å². The highest BCUT2D eigenvalue weighted by Gasteiger charge is 2.16. The van der Waals surface area contributed by atoms with Crippen LogP contribution in [0.1, 0.15) is 88.9 Å². The number of carboxylic acid groups (broad SMARTS) is 1. The molecule has 0 heterocycles. The van der Waals surface area contributed by atoms with Crippen molar-refractivity contribution < 1.29 is 24.5 Å². The Labute approximate surface area is 169 Å². The number of esters is 1. The van der Waals surface area contributed by atoms with Crippen LogP contribution in [0.3, 0.4) is 0 Å². The molecule has 0 spiro atoms. The van der Waals surface area contributed by atoms with E-state index in [4.69, 9.17) is 9.84 Å². The molecule has 0 fully saturated rings. The molecule has 158 valence electrons. The van der Waals surface area contributed by atoms with E-state index in [1.54, 1.807) is 24.3 Å². The van der Waals surface area contributed by atoms with Crippen LogP contribution in [0.2, 0.25) is 0 Å². The molecule has 5 heteroatoms. The van der Waals surface area contributed by atoms with E-state index in [2.05, 4.69) is 13.8 Å². The number of phenolic OH excluding ortho intramolecular Hbond substituents is 1. The molecule has 1 unspecified atom stereocenters. The molecule has 1 rings (SSSR count). The molecule has 28 heavy (non-hydrogen) atoms. The fraction of sp³-hybridized carbons (Fsp3) is 0.565. The normalized spacial score (nSPS) is 11.5. The fourth-order valence-electron chi connectivity index (χ4n) is 2.53. The van der Waals surface area contributed by atoms with Crippen molar-refractivity contribution in [1.82, 2.24) is 0 Å². The molecule has 0 radical (unpaired) electrons. The molecule has 0 aliphatic carbocycles. The third-order valence-electron chi connectivity index (χ3n) is 4.22. The van der Waals surface area contributed by atoms with E-state index in [0.717, 1.165) is 44.9 Å². The summed E-state index contributed by atoms with van der Waals surface area (Å²) in [7, 11) is 0. The van der Waals surface area contributed by atoms with Crippen LogP contribution < -0.4 is 0 Å². The van der Waals surface area contributed by atoms with E-state index < -0.39 is 11.9 Å². The highest BCUT2D eigenvalue weighted by molar-refractivity contribution is 5.92. The monoisotopic (exact) mass is 392 g/mol. The molecule has 0 amide bonds. The predicted molar refractivity (Wildman–Crippen MR) is 113 cm³/mol. The van der Waals surface area contributed by atoms with Crippen molar-refractivity contribution >= 4 is 11.9 Å². The molecule has 1 atom stereocenters. The van der Waals surface area contributed by atoms with E-state index in [9.17, 15) is 14.7 Å². The second-order valence-corrected chi connectivity index (χ2v) is 6.68. The van der Waals surface area contributed by atoms with Crippen LogP contribution in [0.4, 0.5) is 0 Å². The molecule has 5 nitrogen and oxygen atoms in total. The number of carbonyl (C=O) groups excluding carboxylic acids is 1. The third kappa shape index (κ3) is 13.0. The number of hydrogen-bond acceptors (Lipinski definition) is 4. The number of aliphatic carboxylic acids is 1. The van der Waals surface area contributed by atoms with Gasteiger partial charge in [-0.1, -0.05) is 64.7 Å². The summed E-state index contributed by atoms with van der Waals surface area (Å²) in [5, 5.41) is 17.8. The summed E-state index contributed by atoms with van der Waals surface area (Å²) in [4.78, 5) is 21.8. The highest BCUT2D eigenvalue weighted by atomic mass is 16.5.